The van der Waals surface area contributed by atoms with E-state index < -0.39 is 8.07 Å². The van der Waals surface area contributed by atoms with Gasteiger partial charge in [-0.1, -0.05) is 206 Å². The summed E-state index contributed by atoms with van der Waals surface area (Å²) in [6, 6.07) is 76.5. The van der Waals surface area contributed by atoms with Crippen LogP contribution in [-0.2, 0) is 17.5 Å². The highest BCUT2D eigenvalue weighted by Gasteiger charge is 2.29. The van der Waals surface area contributed by atoms with Crippen LogP contribution in [0.5, 0.6) is 11.5 Å². The zero-order valence-electron chi connectivity index (χ0n) is 45.6. The maximum absolute atomic E-state index is 7.17. The van der Waals surface area contributed by atoms with Gasteiger partial charge in [-0.05, 0) is 115 Å². The van der Waals surface area contributed by atoms with E-state index in [4.69, 9.17) is 9.72 Å². The number of rotatable bonds is 7. The van der Waals surface area contributed by atoms with Crippen molar-refractivity contribution in [3.63, 3.8) is 0 Å². The maximum atomic E-state index is 7.17. The molecule has 0 N–H and O–H groups in total. The molecule has 0 saturated carbocycles. The molecule has 5 nitrogen and oxygen atoms in total. The summed E-state index contributed by atoms with van der Waals surface area (Å²) in [6.07, 6.45) is 1.94. The van der Waals surface area contributed by atoms with Crippen LogP contribution in [0.25, 0.3) is 93.2 Å². The first-order valence-electron chi connectivity index (χ1n) is 27.1. The van der Waals surface area contributed by atoms with Gasteiger partial charge in [0.05, 0.1) is 35.8 Å². The van der Waals surface area contributed by atoms with E-state index in [0.29, 0.717) is 6.67 Å². The summed E-state index contributed by atoms with van der Waals surface area (Å²) in [5, 5.41) is 11.0. The summed E-state index contributed by atoms with van der Waals surface area (Å²) in [7, 11) is -1.93. The molecule has 0 spiro atoms. The molecule has 0 unspecified atom stereocenters. The summed E-state index contributed by atoms with van der Waals surface area (Å²) >= 11 is 0. The predicted molar refractivity (Wildman–Crippen MR) is 331 cm³/mol. The number of fused-ring (bicyclic) bond motifs is 10. The standard InChI is InChI=1S/C71H64N4OSi/c1-70(2,3)49-35-36-72-67(40-49)75-64-31-18-17-27-60(64)61-34-33-52(44-66(61)75)76-53-41-51(42-54(43-53)77(7,8)9)73-45-74-68-55(48-37-47(46-21-11-10-12-22-46)38-50(39-48)71(4,5)6)28-19-29-62(68)58-25-15-13-23-56(58)57-24-14-16-26-59(57)63-30-20-32-65(73)69(63)74/h10-44H,45H2,1-9H3. The van der Waals surface area contributed by atoms with Crippen LogP contribution in [0, 0.1) is 0 Å². The second-order valence-corrected chi connectivity index (χ2v) is 29.2. The smallest absolute Gasteiger partial charge is 0.137 e. The Bertz CT molecular complexity index is 4410. The minimum atomic E-state index is -1.93. The van der Waals surface area contributed by atoms with Gasteiger partial charge in [-0.2, -0.15) is 0 Å². The summed E-state index contributed by atoms with van der Waals surface area (Å²) in [6.45, 7) is 21.6. The van der Waals surface area contributed by atoms with Gasteiger partial charge in [-0.15, -0.1) is 0 Å². The third-order valence-electron chi connectivity index (χ3n) is 15.9. The molecular formula is C71H64N4OSi. The average molecular weight is 1020 g/mol. The number of para-hydroxylation sites is 3. The van der Waals surface area contributed by atoms with Crippen LogP contribution in [-0.4, -0.2) is 22.2 Å². The zero-order chi connectivity index (χ0) is 53.0. The Hall–Kier alpha value is -8.45. The molecule has 77 heavy (non-hydrogen) atoms. The van der Waals surface area contributed by atoms with Crippen LogP contribution in [0.15, 0.2) is 212 Å². The van der Waals surface area contributed by atoms with Gasteiger partial charge in [0, 0.05) is 51.1 Å². The molecule has 4 heterocycles. The van der Waals surface area contributed by atoms with Crippen molar-refractivity contribution in [2.24, 2.45) is 0 Å². The fourth-order valence-electron chi connectivity index (χ4n) is 11.8. The SMILES string of the molecule is CC(C)(C)c1cc(-c2ccccc2)cc(-c2cccc3c4ccccc4c4ccccc4c4cccc5c4n(c23)CN5c2cc(Oc3ccc4c5ccccc5n(-c5cc(C(C)(C)C)ccn5)c4c3)cc([Si](C)(C)C)c2)c1. The van der Waals surface area contributed by atoms with Gasteiger partial charge in [0.15, 0.2) is 0 Å². The molecule has 0 amide bonds. The summed E-state index contributed by atoms with van der Waals surface area (Å²) in [5.41, 5.74) is 14.1. The Morgan fingerprint density at radius 2 is 1.04 bits per heavy atom. The quantitative estimate of drug-likeness (QED) is 0.149. The minimum absolute atomic E-state index is 0.0278. The molecule has 0 radical (unpaired) electrons. The Kier molecular flexibility index (Phi) is 11.3. The number of nitrogens with zero attached hydrogens (tertiary/aromatic N) is 4. The summed E-state index contributed by atoms with van der Waals surface area (Å²) < 4.78 is 12.1. The van der Waals surface area contributed by atoms with Crippen molar-refractivity contribution in [1.29, 1.82) is 0 Å². The lowest BCUT2D eigenvalue weighted by Gasteiger charge is -2.25. The number of aromatic nitrogens is 3. The van der Waals surface area contributed by atoms with E-state index in [1.165, 1.54) is 87.3 Å². The number of pyridine rings is 1. The van der Waals surface area contributed by atoms with E-state index in [0.717, 1.165) is 45.1 Å². The fraction of sp³-hybridized carbons (Fsp3) is 0.169. The van der Waals surface area contributed by atoms with Crippen LogP contribution >= 0.6 is 0 Å². The lowest BCUT2D eigenvalue weighted by molar-refractivity contribution is 0.483. The van der Waals surface area contributed by atoms with Crippen LogP contribution in [0.1, 0.15) is 52.7 Å². The van der Waals surface area contributed by atoms with Crippen molar-refractivity contribution >= 4 is 89.8 Å². The van der Waals surface area contributed by atoms with Crippen LogP contribution < -0.4 is 14.8 Å². The Morgan fingerprint density at radius 3 is 1.73 bits per heavy atom. The van der Waals surface area contributed by atoms with Crippen molar-refractivity contribution in [2.75, 3.05) is 4.90 Å². The van der Waals surface area contributed by atoms with Crippen LogP contribution in [0.2, 0.25) is 19.6 Å². The third-order valence-corrected chi connectivity index (χ3v) is 17.9. The minimum Gasteiger partial charge on any atom is -0.457 e. The molecule has 0 fully saturated rings. The number of anilines is 2. The number of benzene rings is 9. The maximum Gasteiger partial charge on any atom is 0.137 e. The van der Waals surface area contributed by atoms with Gasteiger partial charge >= 0.3 is 0 Å². The molecule has 1 aliphatic rings. The highest BCUT2D eigenvalue weighted by molar-refractivity contribution is 6.88. The highest BCUT2D eigenvalue weighted by atomic mass is 28.3. The van der Waals surface area contributed by atoms with Gasteiger partial charge in [0.25, 0.3) is 0 Å². The first-order valence-corrected chi connectivity index (χ1v) is 30.6. The molecule has 3 aromatic heterocycles. The second-order valence-electron chi connectivity index (χ2n) is 24.1. The molecule has 1 aliphatic heterocycles. The summed E-state index contributed by atoms with van der Waals surface area (Å²) in [4.78, 5) is 7.50. The number of hydrogen-bond acceptors (Lipinski definition) is 3. The first-order chi connectivity index (χ1) is 37.1. The van der Waals surface area contributed by atoms with E-state index in [-0.39, 0.29) is 10.8 Å². The lowest BCUT2D eigenvalue weighted by Crippen LogP contribution is -2.38. The van der Waals surface area contributed by atoms with E-state index in [1.807, 2.05) is 6.20 Å². The van der Waals surface area contributed by atoms with Crippen molar-refractivity contribution in [1.82, 2.24) is 14.1 Å². The molecule has 0 atom stereocenters. The average Bonchev–Trinajstić information content (AvgIpc) is 4.12. The highest BCUT2D eigenvalue weighted by Crippen LogP contribution is 2.46. The van der Waals surface area contributed by atoms with E-state index in [9.17, 15) is 0 Å². The van der Waals surface area contributed by atoms with Gasteiger partial charge in [-0.3, -0.25) is 4.57 Å². The Balaban J connectivity index is 1.04. The molecule has 378 valence electrons. The molecule has 12 aromatic rings. The zero-order valence-corrected chi connectivity index (χ0v) is 46.6. The lowest BCUT2D eigenvalue weighted by atomic mass is 9.83. The number of hydrogen-bond donors (Lipinski definition) is 0. The van der Waals surface area contributed by atoms with Crippen LogP contribution in [0.3, 0.4) is 0 Å². The first kappa shape index (κ1) is 48.2. The fourth-order valence-corrected chi connectivity index (χ4v) is 12.9. The molecular weight excluding hydrogens is 953 g/mol. The number of ether oxygens (including phenoxy) is 1. The molecule has 6 heteroatoms. The van der Waals surface area contributed by atoms with Crippen molar-refractivity contribution in [2.45, 2.75) is 78.7 Å². The van der Waals surface area contributed by atoms with E-state index in [1.54, 1.807) is 0 Å². The summed E-state index contributed by atoms with van der Waals surface area (Å²) in [5.74, 6) is 2.50. The Morgan fingerprint density at radius 1 is 0.442 bits per heavy atom. The predicted octanol–water partition coefficient (Wildman–Crippen LogP) is 19.1. The topological polar surface area (TPSA) is 35.2 Å². The third kappa shape index (κ3) is 8.43. The van der Waals surface area contributed by atoms with E-state index >= 15 is 0 Å². The van der Waals surface area contributed by atoms with Gasteiger partial charge in [0.2, 0.25) is 0 Å². The van der Waals surface area contributed by atoms with Gasteiger partial charge in [-0.25, -0.2) is 4.98 Å². The normalized spacial score (nSPS) is 12.9. The molecule has 9 aromatic carbocycles. The second kappa shape index (κ2) is 18.1. The Labute approximate surface area is 453 Å². The van der Waals surface area contributed by atoms with Gasteiger partial charge in [0.1, 0.15) is 24.0 Å². The molecule has 13 rings (SSSR count). The van der Waals surface area contributed by atoms with Crippen LogP contribution in [0.4, 0.5) is 11.4 Å². The van der Waals surface area contributed by atoms with Crippen molar-refractivity contribution in [3.05, 3.63) is 224 Å². The van der Waals surface area contributed by atoms with Gasteiger partial charge < -0.3 is 14.2 Å². The van der Waals surface area contributed by atoms with Crippen molar-refractivity contribution in [3.8, 4) is 39.6 Å². The molecule has 0 bridgehead atoms. The van der Waals surface area contributed by atoms with E-state index in [2.05, 4.69) is 281 Å². The largest absolute Gasteiger partial charge is 0.457 e. The monoisotopic (exact) mass is 1020 g/mol. The molecule has 0 aliphatic carbocycles. The molecule has 0 saturated heterocycles. The van der Waals surface area contributed by atoms with Crippen molar-refractivity contribution < 1.29 is 4.74 Å².